The monoisotopic (exact) mass is 483 g/mol. The number of carboxylic acids is 1. The average Bonchev–Trinajstić information content (AvgIpc) is 2.90. The Hall–Kier alpha value is -4.00. The van der Waals surface area contributed by atoms with Gasteiger partial charge in [-0.3, -0.25) is 9.78 Å². The van der Waals surface area contributed by atoms with Crippen LogP contribution < -0.4 is 0 Å². The van der Waals surface area contributed by atoms with E-state index in [1.807, 2.05) is 31.2 Å². The summed E-state index contributed by atoms with van der Waals surface area (Å²) in [4.78, 5) is 45.1. The minimum absolute atomic E-state index is 0.141. The molecule has 0 aliphatic carbocycles. The third-order valence-electron chi connectivity index (χ3n) is 7.27. The summed E-state index contributed by atoms with van der Waals surface area (Å²) in [5, 5.41) is 9.84. The van der Waals surface area contributed by atoms with Gasteiger partial charge in [0.2, 0.25) is 5.91 Å². The number of carbonyl (C=O) groups is 3. The number of likely N-dealkylation sites (tertiary alicyclic amines) is 2. The first-order chi connectivity index (χ1) is 17.4. The fourth-order valence-electron chi connectivity index (χ4n) is 5.38. The van der Waals surface area contributed by atoms with E-state index in [-0.39, 0.29) is 12.3 Å². The summed E-state index contributed by atoms with van der Waals surface area (Å²) >= 11 is 0. The van der Waals surface area contributed by atoms with E-state index >= 15 is 0 Å². The lowest BCUT2D eigenvalue weighted by Crippen LogP contribution is -2.69. The van der Waals surface area contributed by atoms with E-state index in [2.05, 4.69) is 41.4 Å². The molecule has 7 nitrogen and oxygen atoms in total. The second-order valence-corrected chi connectivity index (χ2v) is 9.66. The second kappa shape index (κ2) is 9.93. The van der Waals surface area contributed by atoms with Crippen molar-refractivity contribution < 1.29 is 19.5 Å². The van der Waals surface area contributed by atoms with Gasteiger partial charge in [-0.2, -0.15) is 0 Å². The molecule has 7 heteroatoms. The van der Waals surface area contributed by atoms with Crippen molar-refractivity contribution in [1.29, 1.82) is 0 Å². The smallest absolute Gasteiger partial charge is 0.327 e. The van der Waals surface area contributed by atoms with Crippen molar-refractivity contribution in [3.8, 4) is 11.1 Å². The second-order valence-electron chi connectivity index (χ2n) is 9.66. The van der Waals surface area contributed by atoms with Gasteiger partial charge in [-0.25, -0.2) is 14.5 Å². The number of hydrogen-bond acceptors (Lipinski definition) is 4. The van der Waals surface area contributed by atoms with Gasteiger partial charge >= 0.3 is 12.0 Å². The minimum Gasteiger partial charge on any atom is -0.480 e. The number of carboxylic acid groups (broad SMARTS) is 1. The van der Waals surface area contributed by atoms with Crippen LogP contribution in [0.2, 0.25) is 0 Å². The number of carbonyl (C=O) groups excluding carboxylic acids is 2. The summed E-state index contributed by atoms with van der Waals surface area (Å²) < 4.78 is 0. The van der Waals surface area contributed by atoms with Crippen molar-refractivity contribution in [1.82, 2.24) is 14.8 Å². The van der Waals surface area contributed by atoms with Gasteiger partial charge in [-0.1, -0.05) is 54.6 Å². The molecule has 0 bridgehead atoms. The van der Waals surface area contributed by atoms with Crippen molar-refractivity contribution >= 4 is 17.9 Å². The summed E-state index contributed by atoms with van der Waals surface area (Å²) in [5.41, 5.74) is 5.07. The predicted octanol–water partition coefficient (Wildman–Crippen LogP) is 4.51. The Morgan fingerprint density at radius 3 is 2.44 bits per heavy atom. The van der Waals surface area contributed by atoms with E-state index in [0.29, 0.717) is 13.1 Å². The number of nitrogens with zero attached hydrogens (tertiary/aromatic N) is 3. The standard InChI is InChI=1S/C29H29N3O4/c1-19-16-20(13-14-30-19)17-25-26(28(34)35)32(27(25)33)29(36)31-15-5-8-24(18-31)23-11-9-22(10-12-23)21-6-3-2-4-7-21/h2-4,6-7,9-14,16,24-26H,5,8,15,17-18H2,1H3,(H,34,35)/t24?,25-,26+/m1/s1. The van der Waals surface area contributed by atoms with Crippen molar-refractivity contribution in [3.63, 3.8) is 0 Å². The van der Waals surface area contributed by atoms with E-state index in [4.69, 9.17) is 0 Å². The first kappa shape index (κ1) is 23.7. The Bertz CT molecular complexity index is 1280. The molecule has 1 N–H and O–H groups in total. The first-order valence-corrected chi connectivity index (χ1v) is 12.3. The van der Waals surface area contributed by atoms with Gasteiger partial charge in [0, 0.05) is 30.9 Å². The van der Waals surface area contributed by atoms with E-state index in [0.717, 1.165) is 45.7 Å². The van der Waals surface area contributed by atoms with Crippen LogP contribution in [0.3, 0.4) is 0 Å². The fraction of sp³-hybridized carbons (Fsp3) is 0.310. The highest BCUT2D eigenvalue weighted by Crippen LogP contribution is 2.34. The molecule has 3 aromatic rings. The summed E-state index contributed by atoms with van der Waals surface area (Å²) in [6.07, 6.45) is 3.66. The maximum Gasteiger partial charge on any atom is 0.327 e. The van der Waals surface area contributed by atoms with E-state index in [1.165, 1.54) is 0 Å². The average molecular weight is 484 g/mol. The predicted molar refractivity (Wildman–Crippen MR) is 135 cm³/mol. The largest absolute Gasteiger partial charge is 0.480 e. The molecule has 1 unspecified atom stereocenters. The lowest BCUT2D eigenvalue weighted by molar-refractivity contribution is -0.166. The van der Waals surface area contributed by atoms with E-state index in [9.17, 15) is 19.5 Å². The Morgan fingerprint density at radius 1 is 1.03 bits per heavy atom. The highest BCUT2D eigenvalue weighted by atomic mass is 16.4. The van der Waals surface area contributed by atoms with Crippen LogP contribution in [0.15, 0.2) is 72.9 Å². The number of pyridine rings is 1. The van der Waals surface area contributed by atoms with Crippen LogP contribution in [-0.2, 0) is 16.0 Å². The number of amides is 3. The summed E-state index contributed by atoms with van der Waals surface area (Å²) in [5.74, 6) is -2.18. The Balaban J connectivity index is 1.27. The van der Waals surface area contributed by atoms with Crippen LogP contribution in [0, 0.1) is 12.8 Å². The number of benzene rings is 2. The number of urea groups is 1. The molecule has 184 valence electrons. The number of β-lactam (4-membered cyclic amide) rings is 1. The van der Waals surface area contributed by atoms with Crippen LogP contribution in [0.5, 0.6) is 0 Å². The minimum atomic E-state index is -1.15. The molecule has 3 amide bonds. The van der Waals surface area contributed by atoms with Gasteiger partial charge in [-0.05, 0) is 60.6 Å². The molecule has 3 heterocycles. The van der Waals surface area contributed by atoms with Gasteiger partial charge in [0.05, 0.1) is 5.92 Å². The van der Waals surface area contributed by atoms with E-state index < -0.39 is 29.9 Å². The van der Waals surface area contributed by atoms with Gasteiger partial charge in [0.1, 0.15) is 0 Å². The normalized spacial score (nSPS) is 21.7. The number of aryl methyl sites for hydroxylation is 1. The molecule has 36 heavy (non-hydrogen) atoms. The van der Waals surface area contributed by atoms with Crippen molar-refractivity contribution in [2.24, 2.45) is 5.92 Å². The number of aliphatic carboxylic acids is 1. The molecular formula is C29H29N3O4. The SMILES string of the molecule is Cc1cc(C[C@H]2C(=O)N(C(=O)N3CCCC(c4ccc(-c5ccccc5)cc4)C3)[C@@H]2C(=O)O)ccn1. The van der Waals surface area contributed by atoms with Gasteiger partial charge < -0.3 is 10.0 Å². The van der Waals surface area contributed by atoms with Crippen LogP contribution in [-0.4, -0.2) is 56.9 Å². The molecule has 0 saturated carbocycles. The lowest BCUT2D eigenvalue weighted by atomic mass is 9.82. The summed E-state index contributed by atoms with van der Waals surface area (Å²) in [6, 6.07) is 20.5. The molecule has 2 aliphatic heterocycles. The number of piperidine rings is 1. The molecule has 2 fully saturated rings. The summed E-state index contributed by atoms with van der Waals surface area (Å²) in [7, 11) is 0. The molecule has 3 atom stereocenters. The first-order valence-electron chi connectivity index (χ1n) is 12.3. The zero-order chi connectivity index (χ0) is 25.2. The topological polar surface area (TPSA) is 90.8 Å². The molecule has 1 aromatic heterocycles. The summed E-state index contributed by atoms with van der Waals surface area (Å²) in [6.45, 7) is 2.83. The number of rotatable bonds is 5. The molecule has 0 spiro atoms. The third-order valence-corrected chi connectivity index (χ3v) is 7.27. The number of imide groups is 1. The van der Waals surface area contributed by atoms with Crippen LogP contribution in [0.1, 0.15) is 35.6 Å². The number of hydrogen-bond donors (Lipinski definition) is 1. The highest BCUT2D eigenvalue weighted by molar-refractivity contribution is 6.07. The zero-order valence-corrected chi connectivity index (χ0v) is 20.2. The van der Waals surface area contributed by atoms with Crippen LogP contribution in [0.25, 0.3) is 11.1 Å². The lowest BCUT2D eigenvalue weighted by Gasteiger charge is -2.46. The fourth-order valence-corrected chi connectivity index (χ4v) is 5.38. The van der Waals surface area contributed by atoms with Gasteiger partial charge in [0.15, 0.2) is 6.04 Å². The molecule has 0 radical (unpaired) electrons. The Labute approximate surface area is 210 Å². The maximum atomic E-state index is 13.3. The molecule has 2 aliphatic rings. The maximum absolute atomic E-state index is 13.3. The van der Waals surface area contributed by atoms with Gasteiger partial charge in [-0.15, -0.1) is 0 Å². The highest BCUT2D eigenvalue weighted by Gasteiger charge is 2.55. The Kier molecular flexibility index (Phi) is 6.55. The zero-order valence-electron chi connectivity index (χ0n) is 20.2. The molecular weight excluding hydrogens is 454 g/mol. The third kappa shape index (κ3) is 4.61. The molecule has 5 rings (SSSR count). The Morgan fingerprint density at radius 2 is 1.75 bits per heavy atom. The van der Waals surface area contributed by atoms with Gasteiger partial charge in [0.25, 0.3) is 0 Å². The van der Waals surface area contributed by atoms with Crippen LogP contribution in [0.4, 0.5) is 4.79 Å². The molecule has 2 saturated heterocycles. The van der Waals surface area contributed by atoms with Crippen molar-refractivity contribution in [2.75, 3.05) is 13.1 Å². The number of aromatic nitrogens is 1. The quantitative estimate of drug-likeness (QED) is 0.539. The van der Waals surface area contributed by atoms with Crippen LogP contribution >= 0.6 is 0 Å². The van der Waals surface area contributed by atoms with E-state index in [1.54, 1.807) is 17.2 Å². The molecule has 2 aromatic carbocycles. The van der Waals surface area contributed by atoms with Crippen molar-refractivity contribution in [3.05, 3.63) is 89.7 Å². The van der Waals surface area contributed by atoms with Crippen molar-refractivity contribution in [2.45, 2.75) is 38.1 Å².